The predicted octanol–water partition coefficient (Wildman–Crippen LogP) is 4.04. The lowest BCUT2D eigenvalue weighted by molar-refractivity contribution is -0.298. The second-order valence-corrected chi connectivity index (χ2v) is 15.8. The highest BCUT2D eigenvalue weighted by Crippen LogP contribution is 2.37. The Labute approximate surface area is 250 Å². The normalized spacial score (nSPS) is 24.1. The summed E-state index contributed by atoms with van der Waals surface area (Å²) in [7, 11) is -6.44. The molecule has 5 atom stereocenters. The Morgan fingerprint density at radius 1 is 0.605 bits per heavy atom. The van der Waals surface area contributed by atoms with Crippen molar-refractivity contribution >= 4 is 34.0 Å². The molecule has 0 bridgehead atoms. The Balaban J connectivity index is 3.91. The van der Waals surface area contributed by atoms with Crippen LogP contribution in [0.15, 0.2) is 0 Å². The first-order valence-corrected chi connectivity index (χ1v) is 14.8. The van der Waals surface area contributed by atoms with Crippen LogP contribution in [0.25, 0.3) is 0 Å². The summed E-state index contributed by atoms with van der Waals surface area (Å²) >= 11 is 0. The van der Waals surface area contributed by atoms with Crippen molar-refractivity contribution in [2.45, 2.75) is 119 Å². The van der Waals surface area contributed by atoms with Gasteiger partial charge in [-0.05, 0) is 83.1 Å². The molecule has 0 aromatic carbocycles. The lowest BCUT2D eigenvalue weighted by atomic mass is 9.93. The fourth-order valence-electron chi connectivity index (χ4n) is 2.94. The summed E-state index contributed by atoms with van der Waals surface area (Å²) in [5, 5.41) is 0. The fraction of sp³-hybridized carbons (Fsp3) is 0.852. The summed E-state index contributed by atoms with van der Waals surface area (Å²) in [6.07, 6.45) is -10.5. The number of carbonyl (C=O) groups is 4. The van der Waals surface area contributed by atoms with Crippen LogP contribution in [-0.4, -0.2) is 75.1 Å². The van der Waals surface area contributed by atoms with Gasteiger partial charge in [-0.25, -0.2) is 4.18 Å². The first kappa shape index (κ1) is 38.6. The van der Waals surface area contributed by atoms with Crippen molar-refractivity contribution < 1.29 is 68.6 Å². The maximum absolute atomic E-state index is 13.5. The molecule has 0 spiro atoms. The van der Waals surface area contributed by atoms with Crippen molar-refractivity contribution in [1.29, 1.82) is 0 Å². The van der Waals surface area contributed by atoms with Crippen LogP contribution in [0.1, 0.15) is 83.1 Å². The number of halogens is 3. The minimum atomic E-state index is -6.44. The summed E-state index contributed by atoms with van der Waals surface area (Å²) < 4.78 is 96.6. The van der Waals surface area contributed by atoms with E-state index in [2.05, 4.69) is 4.18 Å². The second kappa shape index (κ2) is 12.9. The molecule has 1 aliphatic heterocycles. The van der Waals surface area contributed by atoms with E-state index in [0.717, 1.165) is 0 Å². The van der Waals surface area contributed by atoms with Gasteiger partial charge in [0.1, 0.15) is 12.7 Å². The zero-order valence-corrected chi connectivity index (χ0v) is 27.4. The zero-order valence-electron chi connectivity index (χ0n) is 26.5. The standard InChI is InChI=1S/C27H43F3O12S/c1-23(2,3)19(31)37-13-14-15(39-20(32)24(4,5)6)16(40-21(33)25(7,8)9)17(42-43(35,36)27(28,29)30)18(38-14)41-22(34)26(10,11)12/h14-18H,13H2,1-12H3/t14?,15-,16-,17?,18?/m0/s1. The van der Waals surface area contributed by atoms with E-state index in [4.69, 9.17) is 23.7 Å². The number of hydrogen-bond acceptors (Lipinski definition) is 12. The van der Waals surface area contributed by atoms with E-state index in [0.29, 0.717) is 0 Å². The van der Waals surface area contributed by atoms with Gasteiger partial charge < -0.3 is 23.7 Å². The maximum Gasteiger partial charge on any atom is 0.523 e. The molecule has 0 aromatic heterocycles. The Morgan fingerprint density at radius 2 is 0.977 bits per heavy atom. The number of ether oxygens (including phenoxy) is 5. The third kappa shape index (κ3) is 10.6. The van der Waals surface area contributed by atoms with E-state index in [1.807, 2.05) is 0 Å². The zero-order chi connectivity index (χ0) is 34.1. The van der Waals surface area contributed by atoms with Crippen molar-refractivity contribution in [3.63, 3.8) is 0 Å². The van der Waals surface area contributed by atoms with Gasteiger partial charge in [0.05, 0.1) is 21.7 Å². The van der Waals surface area contributed by atoms with Crippen LogP contribution in [0, 0.1) is 21.7 Å². The van der Waals surface area contributed by atoms with Crippen LogP contribution in [0.4, 0.5) is 13.2 Å². The summed E-state index contributed by atoms with van der Waals surface area (Å²) in [6, 6.07) is 0. The van der Waals surface area contributed by atoms with Crippen molar-refractivity contribution in [3.8, 4) is 0 Å². The maximum atomic E-state index is 13.5. The lowest BCUT2D eigenvalue weighted by Gasteiger charge is -2.45. The van der Waals surface area contributed by atoms with Crippen LogP contribution in [0.5, 0.6) is 0 Å². The van der Waals surface area contributed by atoms with E-state index < -0.39 is 98.5 Å². The molecule has 43 heavy (non-hydrogen) atoms. The predicted molar refractivity (Wildman–Crippen MR) is 143 cm³/mol. The highest BCUT2D eigenvalue weighted by Gasteiger charge is 2.59. The average molecular weight is 649 g/mol. The van der Waals surface area contributed by atoms with Gasteiger partial charge in [0.2, 0.25) is 6.29 Å². The summed E-state index contributed by atoms with van der Waals surface area (Å²) in [5.74, 6) is -3.86. The van der Waals surface area contributed by atoms with E-state index in [9.17, 15) is 40.8 Å². The van der Waals surface area contributed by atoms with Gasteiger partial charge in [-0.2, -0.15) is 21.6 Å². The molecule has 1 rings (SSSR count). The van der Waals surface area contributed by atoms with Gasteiger partial charge in [0.25, 0.3) is 0 Å². The molecule has 1 saturated heterocycles. The first-order valence-electron chi connectivity index (χ1n) is 13.3. The second-order valence-electron chi connectivity index (χ2n) is 14.2. The molecule has 250 valence electrons. The fourth-order valence-corrected chi connectivity index (χ4v) is 3.55. The van der Waals surface area contributed by atoms with Gasteiger partial charge in [-0.1, -0.05) is 0 Å². The molecule has 0 radical (unpaired) electrons. The van der Waals surface area contributed by atoms with E-state index >= 15 is 0 Å². The van der Waals surface area contributed by atoms with Crippen molar-refractivity contribution in [2.24, 2.45) is 21.7 Å². The van der Waals surface area contributed by atoms with Crippen LogP contribution in [0.2, 0.25) is 0 Å². The van der Waals surface area contributed by atoms with Gasteiger partial charge in [0, 0.05) is 0 Å². The Hall–Kier alpha value is -2.46. The van der Waals surface area contributed by atoms with Gasteiger partial charge in [-0.3, -0.25) is 19.2 Å². The molecular weight excluding hydrogens is 605 g/mol. The third-order valence-corrected chi connectivity index (χ3v) is 6.69. The summed E-state index contributed by atoms with van der Waals surface area (Å²) in [5.41, 5.74) is -10.8. The molecule has 0 N–H and O–H groups in total. The molecule has 1 aliphatic rings. The summed E-state index contributed by atoms with van der Waals surface area (Å²) in [6.45, 7) is 16.6. The Morgan fingerprint density at radius 3 is 1.35 bits per heavy atom. The number of alkyl halides is 3. The van der Waals surface area contributed by atoms with Crippen LogP contribution >= 0.6 is 0 Å². The Bertz CT molecular complexity index is 1150. The molecule has 12 nitrogen and oxygen atoms in total. The average Bonchev–Trinajstić information content (AvgIpc) is 2.77. The Kier molecular flexibility index (Phi) is 11.5. The molecule has 16 heteroatoms. The SMILES string of the molecule is CC(C)(C)C(=O)OCC1OC(OC(=O)C(C)(C)C)C(OS(=O)(=O)C(F)(F)F)[C@@H](OC(=O)C(C)(C)C)[C@H]1OC(=O)C(C)(C)C. The topological polar surface area (TPSA) is 158 Å². The third-order valence-electron chi connectivity index (χ3n) is 5.65. The van der Waals surface area contributed by atoms with Crippen LogP contribution in [-0.2, 0) is 57.2 Å². The van der Waals surface area contributed by atoms with E-state index in [-0.39, 0.29) is 0 Å². The molecular formula is C27H43F3O12S. The van der Waals surface area contributed by atoms with E-state index in [1.165, 1.54) is 83.1 Å². The van der Waals surface area contributed by atoms with Crippen molar-refractivity contribution in [1.82, 2.24) is 0 Å². The van der Waals surface area contributed by atoms with Crippen molar-refractivity contribution in [3.05, 3.63) is 0 Å². The summed E-state index contributed by atoms with van der Waals surface area (Å²) in [4.78, 5) is 51.4. The molecule has 1 fully saturated rings. The smallest absolute Gasteiger partial charge is 0.462 e. The number of hydrogen-bond donors (Lipinski definition) is 0. The number of esters is 4. The molecule has 0 amide bonds. The lowest BCUT2D eigenvalue weighted by Crippen LogP contribution is -2.64. The quantitative estimate of drug-likeness (QED) is 0.169. The minimum Gasteiger partial charge on any atom is -0.462 e. The number of carbonyl (C=O) groups excluding carboxylic acids is 4. The van der Waals surface area contributed by atoms with Gasteiger partial charge >= 0.3 is 39.5 Å². The molecule has 3 unspecified atom stereocenters. The van der Waals surface area contributed by atoms with E-state index in [1.54, 1.807) is 0 Å². The molecule has 0 aliphatic carbocycles. The molecule has 0 aromatic rings. The monoisotopic (exact) mass is 648 g/mol. The highest BCUT2D eigenvalue weighted by molar-refractivity contribution is 7.87. The van der Waals surface area contributed by atoms with Crippen molar-refractivity contribution in [2.75, 3.05) is 6.61 Å². The van der Waals surface area contributed by atoms with Crippen LogP contribution < -0.4 is 0 Å². The molecule has 1 heterocycles. The first-order chi connectivity index (χ1) is 18.9. The number of rotatable bonds is 7. The van der Waals surface area contributed by atoms with Gasteiger partial charge in [0.15, 0.2) is 18.3 Å². The van der Waals surface area contributed by atoms with Crippen LogP contribution in [0.3, 0.4) is 0 Å². The molecule has 0 saturated carbocycles. The minimum absolute atomic E-state index is 0.732. The highest BCUT2D eigenvalue weighted by atomic mass is 32.2. The largest absolute Gasteiger partial charge is 0.523 e. The van der Waals surface area contributed by atoms with Gasteiger partial charge in [-0.15, -0.1) is 0 Å².